The average Bonchev–Trinajstić information content (AvgIpc) is 3.40. The van der Waals surface area contributed by atoms with Crippen LogP contribution in [0.3, 0.4) is 0 Å². The molecule has 1 aromatic rings. The molecule has 1 fully saturated rings. The summed E-state index contributed by atoms with van der Waals surface area (Å²) in [5, 5.41) is 2.82. The molecule has 0 aliphatic heterocycles. The van der Waals surface area contributed by atoms with E-state index < -0.39 is 11.6 Å². The van der Waals surface area contributed by atoms with Crippen molar-refractivity contribution in [3.8, 4) is 5.75 Å². The molecule has 1 saturated carbocycles. The number of ether oxygens (including phenoxy) is 3. The largest absolute Gasteiger partial charge is 0.493 e. The predicted octanol–water partition coefficient (Wildman–Crippen LogP) is 2.63. The lowest BCUT2D eigenvalue weighted by Gasteiger charge is -2.26. The van der Waals surface area contributed by atoms with Crippen molar-refractivity contribution in [3.05, 3.63) is 23.8 Å². The fourth-order valence-electron chi connectivity index (χ4n) is 2.49. The van der Waals surface area contributed by atoms with Crippen LogP contribution in [0.1, 0.15) is 37.0 Å². The summed E-state index contributed by atoms with van der Waals surface area (Å²) in [5.74, 6) is -0.0759. The number of anilines is 1. The molecule has 1 N–H and O–H groups in total. The molecular weight excluding hydrogens is 298 g/mol. The highest BCUT2D eigenvalue weighted by Crippen LogP contribution is 2.42. The van der Waals surface area contributed by atoms with Gasteiger partial charge in [0.05, 0.1) is 13.7 Å². The second kappa shape index (κ2) is 7.00. The number of methoxy groups -OCH3 is 2. The van der Waals surface area contributed by atoms with Gasteiger partial charge in [0.25, 0.3) is 5.91 Å². The molecule has 1 aliphatic rings. The minimum Gasteiger partial charge on any atom is -0.493 e. The maximum atomic E-state index is 12.5. The smallest absolute Gasteiger partial charge is 0.341 e. The Morgan fingerprint density at radius 1 is 1.30 bits per heavy atom. The first-order valence-electron chi connectivity index (χ1n) is 7.68. The Morgan fingerprint density at radius 3 is 2.52 bits per heavy atom. The molecule has 0 heterocycles. The minimum absolute atomic E-state index is 0.220. The molecule has 1 amide bonds. The molecule has 1 aliphatic carbocycles. The van der Waals surface area contributed by atoms with Gasteiger partial charge < -0.3 is 19.5 Å². The highest BCUT2D eigenvalue weighted by atomic mass is 16.5. The van der Waals surface area contributed by atoms with Crippen LogP contribution in [0, 0.1) is 5.92 Å². The third-order valence-corrected chi connectivity index (χ3v) is 4.17. The number of esters is 1. The number of amides is 1. The summed E-state index contributed by atoms with van der Waals surface area (Å²) in [7, 11) is 2.84. The third kappa shape index (κ3) is 3.64. The van der Waals surface area contributed by atoms with Crippen molar-refractivity contribution in [2.75, 3.05) is 26.1 Å². The Balaban J connectivity index is 2.22. The van der Waals surface area contributed by atoms with Gasteiger partial charge in [0.2, 0.25) is 0 Å². The van der Waals surface area contributed by atoms with Crippen molar-refractivity contribution in [2.45, 2.75) is 32.3 Å². The molecule has 1 aromatic carbocycles. The normalized spacial score (nSPS) is 16.3. The second-order valence-corrected chi connectivity index (χ2v) is 5.68. The Bertz CT molecular complexity index is 597. The third-order valence-electron chi connectivity index (χ3n) is 4.17. The van der Waals surface area contributed by atoms with Crippen LogP contribution in [0.2, 0.25) is 0 Å². The van der Waals surface area contributed by atoms with E-state index in [1.54, 1.807) is 25.1 Å². The molecule has 6 heteroatoms. The van der Waals surface area contributed by atoms with E-state index in [9.17, 15) is 9.59 Å². The number of hydrogen-bond donors (Lipinski definition) is 1. The van der Waals surface area contributed by atoms with Gasteiger partial charge in [-0.15, -0.1) is 0 Å². The van der Waals surface area contributed by atoms with Crippen LogP contribution < -0.4 is 10.1 Å². The van der Waals surface area contributed by atoms with Gasteiger partial charge in [-0.3, -0.25) is 4.79 Å². The highest BCUT2D eigenvalue weighted by Gasteiger charge is 2.47. The first-order valence-corrected chi connectivity index (χ1v) is 7.68. The van der Waals surface area contributed by atoms with Crippen molar-refractivity contribution in [1.82, 2.24) is 0 Å². The topological polar surface area (TPSA) is 73.9 Å². The molecule has 126 valence electrons. The van der Waals surface area contributed by atoms with Gasteiger partial charge in [-0.05, 0) is 50.8 Å². The summed E-state index contributed by atoms with van der Waals surface area (Å²) < 4.78 is 15.6. The Hall–Kier alpha value is -2.08. The molecule has 0 unspecified atom stereocenters. The molecule has 0 saturated heterocycles. The lowest BCUT2D eigenvalue weighted by Crippen LogP contribution is -2.44. The zero-order chi connectivity index (χ0) is 17.0. The van der Waals surface area contributed by atoms with Crippen molar-refractivity contribution < 1.29 is 23.8 Å². The van der Waals surface area contributed by atoms with E-state index in [4.69, 9.17) is 14.2 Å². The van der Waals surface area contributed by atoms with Crippen molar-refractivity contribution in [3.63, 3.8) is 0 Å². The minimum atomic E-state index is -0.857. The number of nitrogens with one attached hydrogen (secondary N) is 1. The maximum Gasteiger partial charge on any atom is 0.341 e. The standard InChI is InChI=1S/C17H23NO5/c1-5-23-14-9-8-12(10-13(14)15(19)21-3)18-16(20)17(2,22-4)11-6-7-11/h8-11H,5-7H2,1-4H3,(H,18,20)/t17-/m1/s1. The number of carbonyl (C=O) groups is 2. The van der Waals surface area contributed by atoms with Gasteiger partial charge in [-0.25, -0.2) is 4.79 Å². The zero-order valence-corrected chi connectivity index (χ0v) is 14.0. The Labute approximate surface area is 136 Å². The van der Waals surface area contributed by atoms with E-state index in [1.165, 1.54) is 14.2 Å². The molecule has 6 nitrogen and oxygen atoms in total. The fraction of sp³-hybridized carbons (Fsp3) is 0.529. The molecule has 0 spiro atoms. The number of carbonyl (C=O) groups excluding carboxylic acids is 2. The predicted molar refractivity (Wildman–Crippen MR) is 85.7 cm³/mol. The van der Waals surface area contributed by atoms with Crippen LogP contribution in [0.15, 0.2) is 18.2 Å². The van der Waals surface area contributed by atoms with E-state index >= 15 is 0 Å². The Kier molecular flexibility index (Phi) is 5.26. The summed E-state index contributed by atoms with van der Waals surface area (Å²) in [4.78, 5) is 24.4. The maximum absolute atomic E-state index is 12.5. The van der Waals surface area contributed by atoms with Gasteiger partial charge in [0.1, 0.15) is 16.9 Å². The van der Waals surface area contributed by atoms with Crippen LogP contribution in [-0.2, 0) is 14.3 Å². The zero-order valence-electron chi connectivity index (χ0n) is 14.0. The molecule has 0 bridgehead atoms. The van der Waals surface area contributed by atoms with E-state index in [2.05, 4.69) is 5.32 Å². The number of rotatable bonds is 7. The van der Waals surface area contributed by atoms with Gasteiger partial charge in [0, 0.05) is 12.8 Å². The summed E-state index contributed by atoms with van der Waals surface area (Å²) >= 11 is 0. The molecule has 0 radical (unpaired) electrons. The van der Waals surface area contributed by atoms with E-state index in [0.29, 0.717) is 18.0 Å². The first-order chi connectivity index (χ1) is 11.0. The second-order valence-electron chi connectivity index (χ2n) is 5.68. The molecule has 1 atom stereocenters. The summed E-state index contributed by atoms with van der Waals surface area (Å²) in [6.45, 7) is 4.05. The summed E-state index contributed by atoms with van der Waals surface area (Å²) in [6.07, 6.45) is 1.96. The van der Waals surface area contributed by atoms with Crippen molar-refractivity contribution in [2.24, 2.45) is 5.92 Å². The summed E-state index contributed by atoms with van der Waals surface area (Å²) in [5.41, 5.74) is -0.0789. The van der Waals surface area contributed by atoms with E-state index in [-0.39, 0.29) is 17.4 Å². The quantitative estimate of drug-likeness (QED) is 0.782. The van der Waals surface area contributed by atoms with E-state index in [1.807, 2.05) is 6.92 Å². The molecule has 2 rings (SSSR count). The van der Waals surface area contributed by atoms with Crippen molar-refractivity contribution in [1.29, 1.82) is 0 Å². The first kappa shape index (κ1) is 17.3. The van der Waals surface area contributed by atoms with Crippen LogP contribution in [0.4, 0.5) is 5.69 Å². The van der Waals surface area contributed by atoms with Crippen LogP contribution >= 0.6 is 0 Å². The summed E-state index contributed by atoms with van der Waals surface area (Å²) in [6, 6.07) is 4.89. The van der Waals surface area contributed by atoms with Gasteiger partial charge in [-0.1, -0.05) is 0 Å². The fourth-order valence-corrected chi connectivity index (χ4v) is 2.49. The van der Waals surface area contributed by atoms with Crippen LogP contribution in [-0.4, -0.2) is 38.3 Å². The van der Waals surface area contributed by atoms with Crippen LogP contribution in [0.5, 0.6) is 5.75 Å². The van der Waals surface area contributed by atoms with Crippen LogP contribution in [0.25, 0.3) is 0 Å². The van der Waals surface area contributed by atoms with Gasteiger partial charge >= 0.3 is 5.97 Å². The van der Waals surface area contributed by atoms with Gasteiger partial charge in [0.15, 0.2) is 0 Å². The number of benzene rings is 1. The molecule has 23 heavy (non-hydrogen) atoms. The molecular formula is C17H23NO5. The number of hydrogen-bond acceptors (Lipinski definition) is 5. The Morgan fingerprint density at radius 2 is 2.00 bits per heavy atom. The lowest BCUT2D eigenvalue weighted by atomic mass is 9.99. The monoisotopic (exact) mass is 321 g/mol. The highest BCUT2D eigenvalue weighted by molar-refractivity contribution is 5.99. The van der Waals surface area contributed by atoms with E-state index in [0.717, 1.165) is 12.8 Å². The van der Waals surface area contributed by atoms with Gasteiger partial charge in [-0.2, -0.15) is 0 Å². The average molecular weight is 321 g/mol. The lowest BCUT2D eigenvalue weighted by molar-refractivity contribution is -0.138. The SMILES string of the molecule is CCOc1ccc(NC(=O)[C@](C)(OC)C2CC2)cc1C(=O)OC. The van der Waals surface area contributed by atoms with Crippen molar-refractivity contribution >= 4 is 17.6 Å². The molecule has 0 aromatic heterocycles.